The molecular weight excluding hydrogens is 384 g/mol. The van der Waals surface area contributed by atoms with Crippen LogP contribution >= 0.6 is 0 Å². The first-order valence-electron chi connectivity index (χ1n) is 10.2. The quantitative estimate of drug-likeness (QED) is 0.726. The lowest BCUT2D eigenvalue weighted by Crippen LogP contribution is -2.50. The van der Waals surface area contributed by atoms with Crippen LogP contribution in [0.2, 0.25) is 0 Å². The lowest BCUT2D eigenvalue weighted by atomic mass is 10.0. The van der Waals surface area contributed by atoms with Gasteiger partial charge in [0.2, 0.25) is 15.9 Å². The monoisotopic (exact) mass is 414 g/mol. The van der Waals surface area contributed by atoms with E-state index in [0.29, 0.717) is 49.8 Å². The van der Waals surface area contributed by atoms with Crippen LogP contribution in [0.4, 0.5) is 0 Å². The van der Waals surface area contributed by atoms with E-state index in [9.17, 15) is 13.2 Å². The lowest BCUT2D eigenvalue weighted by Gasteiger charge is -2.34. The zero-order chi connectivity index (χ0) is 21.0. The Kier molecular flexibility index (Phi) is 6.75. The summed E-state index contributed by atoms with van der Waals surface area (Å²) in [5, 5.41) is 0. The van der Waals surface area contributed by atoms with Crippen LogP contribution in [-0.4, -0.2) is 49.7 Å². The van der Waals surface area contributed by atoms with Crippen LogP contribution in [0.25, 0.3) is 0 Å². The largest absolute Gasteiger partial charge is 0.340 e. The number of hydrogen-bond donors (Lipinski definition) is 0. The summed E-state index contributed by atoms with van der Waals surface area (Å²) in [4.78, 5) is 14.6. The summed E-state index contributed by atoms with van der Waals surface area (Å²) >= 11 is 0. The Morgan fingerprint density at radius 2 is 1.52 bits per heavy atom. The summed E-state index contributed by atoms with van der Waals surface area (Å²) in [7, 11) is -3.52. The average Bonchev–Trinajstić information content (AvgIpc) is 2.73. The molecule has 0 spiro atoms. The molecule has 156 valence electrons. The van der Waals surface area contributed by atoms with Gasteiger partial charge in [-0.1, -0.05) is 55.8 Å². The Hall–Kier alpha value is -2.18. The normalized spacial score (nSPS) is 15.7. The van der Waals surface area contributed by atoms with E-state index in [1.54, 1.807) is 17.0 Å². The van der Waals surface area contributed by atoms with Gasteiger partial charge in [-0.2, -0.15) is 4.31 Å². The van der Waals surface area contributed by atoms with E-state index in [2.05, 4.69) is 38.1 Å². The number of carbonyl (C=O) groups excluding carboxylic acids is 1. The number of carbonyl (C=O) groups is 1. The van der Waals surface area contributed by atoms with Crippen LogP contribution in [0.5, 0.6) is 0 Å². The first-order chi connectivity index (χ1) is 13.8. The summed E-state index contributed by atoms with van der Waals surface area (Å²) in [6.07, 6.45) is 1.16. The van der Waals surface area contributed by atoms with E-state index < -0.39 is 10.0 Å². The molecule has 0 unspecified atom stereocenters. The highest BCUT2D eigenvalue weighted by molar-refractivity contribution is 7.89. The van der Waals surface area contributed by atoms with Crippen LogP contribution in [0.3, 0.4) is 0 Å². The molecule has 1 aliphatic rings. The topological polar surface area (TPSA) is 57.7 Å². The number of sulfonamides is 1. The Morgan fingerprint density at radius 1 is 0.931 bits per heavy atom. The molecule has 0 N–H and O–H groups in total. The van der Waals surface area contributed by atoms with E-state index in [0.717, 1.165) is 11.1 Å². The van der Waals surface area contributed by atoms with Gasteiger partial charge in [-0.3, -0.25) is 4.79 Å². The van der Waals surface area contributed by atoms with Crippen molar-refractivity contribution in [2.75, 3.05) is 26.2 Å². The molecule has 0 aliphatic carbocycles. The fraction of sp³-hybridized carbons (Fsp3) is 0.435. The van der Waals surface area contributed by atoms with Crippen LogP contribution in [0, 0.1) is 6.92 Å². The van der Waals surface area contributed by atoms with Crippen molar-refractivity contribution in [1.29, 1.82) is 0 Å². The summed E-state index contributed by atoms with van der Waals surface area (Å²) < 4.78 is 27.3. The van der Waals surface area contributed by atoms with E-state index in [-0.39, 0.29) is 5.91 Å². The fourth-order valence-corrected chi connectivity index (χ4v) is 4.94. The van der Waals surface area contributed by atoms with Crippen LogP contribution in [-0.2, 0) is 21.2 Å². The second-order valence-corrected chi connectivity index (χ2v) is 9.93. The van der Waals surface area contributed by atoms with Gasteiger partial charge in [-0.05, 0) is 42.5 Å². The highest BCUT2D eigenvalue weighted by Crippen LogP contribution is 2.21. The second-order valence-electron chi connectivity index (χ2n) is 7.99. The summed E-state index contributed by atoms with van der Waals surface area (Å²) in [5.41, 5.74) is 3.47. The maximum atomic E-state index is 12.9. The molecule has 3 rings (SSSR count). The third-order valence-electron chi connectivity index (χ3n) is 5.52. The molecule has 0 bridgehead atoms. The van der Waals surface area contributed by atoms with Crippen molar-refractivity contribution in [2.45, 2.75) is 44.4 Å². The van der Waals surface area contributed by atoms with Gasteiger partial charge in [0.15, 0.2) is 0 Å². The second kappa shape index (κ2) is 9.09. The number of aryl methyl sites for hydroxylation is 2. The molecule has 1 heterocycles. The Balaban J connectivity index is 1.54. The highest BCUT2D eigenvalue weighted by atomic mass is 32.2. The first-order valence-corrected chi connectivity index (χ1v) is 11.6. The van der Waals surface area contributed by atoms with E-state index >= 15 is 0 Å². The summed E-state index contributed by atoms with van der Waals surface area (Å²) in [6.45, 7) is 7.76. The first kappa shape index (κ1) is 21.5. The van der Waals surface area contributed by atoms with Crippen LogP contribution < -0.4 is 0 Å². The molecule has 1 saturated heterocycles. The van der Waals surface area contributed by atoms with E-state index in [1.165, 1.54) is 9.87 Å². The molecule has 1 fully saturated rings. The molecule has 6 heteroatoms. The minimum Gasteiger partial charge on any atom is -0.340 e. The van der Waals surface area contributed by atoms with Gasteiger partial charge in [0.05, 0.1) is 4.90 Å². The van der Waals surface area contributed by atoms with E-state index in [1.807, 2.05) is 19.1 Å². The molecular formula is C23H30N2O3S. The number of rotatable bonds is 6. The highest BCUT2D eigenvalue weighted by Gasteiger charge is 2.29. The molecule has 1 amide bonds. The van der Waals surface area contributed by atoms with Crippen molar-refractivity contribution in [3.05, 3.63) is 65.2 Å². The van der Waals surface area contributed by atoms with Crippen LogP contribution in [0.1, 0.15) is 42.9 Å². The maximum absolute atomic E-state index is 12.9. The molecule has 1 aliphatic heterocycles. The van der Waals surface area contributed by atoms with Gasteiger partial charge in [-0.15, -0.1) is 0 Å². The van der Waals surface area contributed by atoms with Crippen molar-refractivity contribution < 1.29 is 13.2 Å². The third kappa shape index (κ3) is 5.25. The van der Waals surface area contributed by atoms with E-state index in [4.69, 9.17) is 0 Å². The number of nitrogens with zero attached hydrogens (tertiary/aromatic N) is 2. The Labute approximate surface area is 174 Å². The molecule has 0 radical (unpaired) electrons. The number of amides is 1. The van der Waals surface area contributed by atoms with Gasteiger partial charge in [0.1, 0.15) is 0 Å². The van der Waals surface area contributed by atoms with Gasteiger partial charge in [0.25, 0.3) is 0 Å². The minimum atomic E-state index is -3.52. The Bertz CT molecular complexity index is 927. The standard InChI is InChI=1S/C23H30N2O3S/c1-18(2)21-9-11-22(12-10-21)29(27,28)25-16-14-24(15-17-25)23(26)13-8-20-6-4-19(3)5-7-20/h4-7,9-12,18H,8,13-17H2,1-3H3. The molecule has 5 nitrogen and oxygen atoms in total. The van der Waals surface area contributed by atoms with Crippen molar-refractivity contribution in [3.8, 4) is 0 Å². The summed E-state index contributed by atoms with van der Waals surface area (Å²) in [6, 6.07) is 15.3. The van der Waals surface area contributed by atoms with Crippen molar-refractivity contribution in [3.63, 3.8) is 0 Å². The lowest BCUT2D eigenvalue weighted by molar-refractivity contribution is -0.132. The molecule has 2 aromatic carbocycles. The van der Waals surface area contributed by atoms with Crippen molar-refractivity contribution in [2.24, 2.45) is 0 Å². The van der Waals surface area contributed by atoms with Gasteiger partial charge in [0, 0.05) is 32.6 Å². The molecule has 0 atom stereocenters. The smallest absolute Gasteiger partial charge is 0.243 e. The summed E-state index contributed by atoms with van der Waals surface area (Å²) in [5.74, 6) is 0.449. The zero-order valence-electron chi connectivity index (χ0n) is 17.5. The molecule has 29 heavy (non-hydrogen) atoms. The number of piperazine rings is 1. The predicted octanol–water partition coefficient (Wildman–Crippen LogP) is 3.58. The average molecular weight is 415 g/mol. The maximum Gasteiger partial charge on any atom is 0.243 e. The van der Waals surface area contributed by atoms with Gasteiger partial charge >= 0.3 is 0 Å². The van der Waals surface area contributed by atoms with Crippen molar-refractivity contribution in [1.82, 2.24) is 9.21 Å². The number of hydrogen-bond acceptors (Lipinski definition) is 3. The predicted molar refractivity (Wildman–Crippen MR) is 115 cm³/mol. The molecule has 0 saturated carbocycles. The zero-order valence-corrected chi connectivity index (χ0v) is 18.3. The molecule has 0 aromatic heterocycles. The number of benzene rings is 2. The van der Waals surface area contributed by atoms with Crippen LogP contribution in [0.15, 0.2) is 53.4 Å². The third-order valence-corrected chi connectivity index (χ3v) is 7.44. The fourth-order valence-electron chi connectivity index (χ4n) is 3.52. The molecule has 2 aromatic rings. The van der Waals surface area contributed by atoms with Gasteiger partial charge < -0.3 is 4.90 Å². The minimum absolute atomic E-state index is 0.0870. The Morgan fingerprint density at radius 3 is 2.07 bits per heavy atom. The van der Waals surface area contributed by atoms with Crippen molar-refractivity contribution >= 4 is 15.9 Å². The van der Waals surface area contributed by atoms with Gasteiger partial charge in [-0.25, -0.2) is 8.42 Å². The SMILES string of the molecule is Cc1ccc(CCC(=O)N2CCN(S(=O)(=O)c3ccc(C(C)C)cc3)CC2)cc1.